The Balaban J connectivity index is 2.00. The van der Waals surface area contributed by atoms with Crippen LogP contribution in [0.3, 0.4) is 0 Å². The van der Waals surface area contributed by atoms with Crippen LogP contribution < -0.4 is 5.32 Å². The highest BCUT2D eigenvalue weighted by atomic mass is 19.4. The second kappa shape index (κ2) is 7.29. The molecular formula is C16H15F3N2O3. The van der Waals surface area contributed by atoms with E-state index in [1.807, 2.05) is 0 Å². The van der Waals surface area contributed by atoms with Crippen LogP contribution in [0.4, 0.5) is 13.2 Å². The van der Waals surface area contributed by atoms with Crippen LogP contribution in [-0.4, -0.2) is 41.9 Å². The van der Waals surface area contributed by atoms with E-state index in [1.54, 1.807) is 6.07 Å². The van der Waals surface area contributed by atoms with Gasteiger partial charge in [-0.15, -0.1) is 0 Å². The molecule has 24 heavy (non-hydrogen) atoms. The number of amides is 3. The normalized spacial score (nSPS) is 15.8. The summed E-state index contributed by atoms with van der Waals surface area (Å²) in [6.45, 7) is -0.156. The van der Waals surface area contributed by atoms with Crippen LogP contribution in [0.15, 0.2) is 36.4 Å². The van der Waals surface area contributed by atoms with Gasteiger partial charge in [0, 0.05) is 32.0 Å². The van der Waals surface area contributed by atoms with Crippen LogP contribution in [0.1, 0.15) is 18.4 Å². The topological polar surface area (TPSA) is 66.5 Å². The van der Waals surface area contributed by atoms with Crippen LogP contribution >= 0.6 is 0 Å². The van der Waals surface area contributed by atoms with E-state index in [4.69, 9.17) is 0 Å². The summed E-state index contributed by atoms with van der Waals surface area (Å²) in [4.78, 5) is 35.5. The molecule has 1 heterocycles. The number of likely N-dealkylation sites (tertiary alicyclic amines) is 1. The highest BCUT2D eigenvalue weighted by Crippen LogP contribution is 2.33. The van der Waals surface area contributed by atoms with Crippen LogP contribution in [0.25, 0.3) is 5.57 Å². The lowest BCUT2D eigenvalue weighted by Crippen LogP contribution is -2.37. The molecule has 1 aromatic carbocycles. The van der Waals surface area contributed by atoms with Crippen molar-refractivity contribution < 1.29 is 27.6 Å². The molecule has 128 valence electrons. The summed E-state index contributed by atoms with van der Waals surface area (Å²) >= 11 is 0. The van der Waals surface area contributed by atoms with E-state index in [9.17, 15) is 27.6 Å². The summed E-state index contributed by atoms with van der Waals surface area (Å²) in [5.74, 6) is -1.62. The van der Waals surface area contributed by atoms with E-state index in [0.717, 1.165) is 4.90 Å². The number of rotatable bonds is 5. The lowest BCUT2D eigenvalue weighted by molar-refractivity contribution is -0.138. The fourth-order valence-electron chi connectivity index (χ4n) is 2.29. The third-order valence-electron chi connectivity index (χ3n) is 3.46. The number of alkyl halides is 3. The largest absolute Gasteiger partial charge is 0.417 e. The zero-order chi connectivity index (χ0) is 17.7. The van der Waals surface area contributed by atoms with Gasteiger partial charge in [-0.25, -0.2) is 0 Å². The number of nitrogens with one attached hydrogen (secondary N) is 1. The van der Waals surface area contributed by atoms with E-state index < -0.39 is 17.7 Å². The van der Waals surface area contributed by atoms with Gasteiger partial charge >= 0.3 is 6.18 Å². The van der Waals surface area contributed by atoms with Crippen molar-refractivity contribution in [2.75, 3.05) is 13.1 Å². The van der Waals surface area contributed by atoms with Gasteiger partial charge in [-0.1, -0.05) is 30.3 Å². The monoisotopic (exact) mass is 340 g/mol. The second-order valence-electron chi connectivity index (χ2n) is 5.15. The average molecular weight is 340 g/mol. The van der Waals surface area contributed by atoms with E-state index in [1.165, 1.54) is 24.3 Å². The van der Waals surface area contributed by atoms with Gasteiger partial charge in [0.25, 0.3) is 0 Å². The highest BCUT2D eigenvalue weighted by molar-refractivity contribution is 6.02. The third kappa shape index (κ3) is 4.43. The minimum atomic E-state index is -4.68. The summed E-state index contributed by atoms with van der Waals surface area (Å²) in [6.07, 6.45) is -3.96. The molecule has 0 aliphatic carbocycles. The lowest BCUT2D eigenvalue weighted by atomic mass is 10.1. The Bertz CT molecular complexity index is 653. The average Bonchev–Trinajstić information content (AvgIpc) is 2.84. The summed E-state index contributed by atoms with van der Waals surface area (Å²) in [7, 11) is 0. The fourth-order valence-corrected chi connectivity index (χ4v) is 2.29. The zero-order valence-electron chi connectivity index (χ0n) is 12.6. The maximum Gasteiger partial charge on any atom is 0.417 e. The van der Waals surface area contributed by atoms with E-state index in [2.05, 4.69) is 5.32 Å². The van der Waals surface area contributed by atoms with Gasteiger partial charge < -0.3 is 5.32 Å². The van der Waals surface area contributed by atoms with Gasteiger partial charge in [-0.2, -0.15) is 13.2 Å². The number of carbonyl (C=O) groups is 3. The van der Waals surface area contributed by atoms with E-state index >= 15 is 0 Å². The fraction of sp³-hybridized carbons (Fsp3) is 0.312. The van der Waals surface area contributed by atoms with Crippen molar-refractivity contribution in [1.29, 1.82) is 0 Å². The molecule has 3 amide bonds. The van der Waals surface area contributed by atoms with Gasteiger partial charge in [0.15, 0.2) is 0 Å². The SMILES string of the molecule is O=C(/C=C(\c1ccccc1)C(F)(F)F)NCCN1C(=O)CCC1=O. The molecule has 0 atom stereocenters. The molecule has 1 saturated heterocycles. The molecule has 0 spiro atoms. The minimum Gasteiger partial charge on any atom is -0.351 e. The lowest BCUT2D eigenvalue weighted by Gasteiger charge is -2.14. The molecule has 0 unspecified atom stereocenters. The van der Waals surface area contributed by atoms with Gasteiger partial charge in [0.2, 0.25) is 17.7 Å². The molecule has 1 N–H and O–H groups in total. The number of halogens is 3. The van der Waals surface area contributed by atoms with Gasteiger partial charge in [0.05, 0.1) is 5.57 Å². The molecule has 2 rings (SSSR count). The number of benzene rings is 1. The molecule has 0 bridgehead atoms. The molecule has 0 aromatic heterocycles. The molecule has 1 aliphatic rings. The predicted molar refractivity (Wildman–Crippen MR) is 79.4 cm³/mol. The van der Waals surface area contributed by atoms with E-state index in [0.29, 0.717) is 6.08 Å². The van der Waals surface area contributed by atoms with Crippen molar-refractivity contribution in [2.45, 2.75) is 19.0 Å². The van der Waals surface area contributed by atoms with Crippen molar-refractivity contribution in [3.63, 3.8) is 0 Å². The van der Waals surface area contributed by atoms with Crippen LogP contribution in [-0.2, 0) is 14.4 Å². The van der Waals surface area contributed by atoms with Gasteiger partial charge in [-0.05, 0) is 5.56 Å². The van der Waals surface area contributed by atoms with Crippen molar-refractivity contribution >= 4 is 23.3 Å². The van der Waals surface area contributed by atoms with Gasteiger partial charge in [0.1, 0.15) is 0 Å². The maximum absolute atomic E-state index is 13.1. The Kier molecular flexibility index (Phi) is 5.38. The first-order valence-corrected chi connectivity index (χ1v) is 7.24. The summed E-state index contributed by atoms with van der Waals surface area (Å²) in [5, 5.41) is 2.26. The van der Waals surface area contributed by atoms with Crippen molar-refractivity contribution in [2.24, 2.45) is 0 Å². The summed E-state index contributed by atoms with van der Waals surface area (Å²) < 4.78 is 39.3. The molecule has 1 aliphatic heterocycles. The molecule has 5 nitrogen and oxygen atoms in total. The molecule has 8 heteroatoms. The Hall–Kier alpha value is -2.64. The third-order valence-corrected chi connectivity index (χ3v) is 3.46. The number of allylic oxidation sites excluding steroid dienone is 1. The number of hydrogen-bond acceptors (Lipinski definition) is 3. The van der Waals surface area contributed by atoms with Crippen molar-refractivity contribution in [1.82, 2.24) is 10.2 Å². The molecule has 0 saturated carbocycles. The minimum absolute atomic E-state index is 0.0517. The Morgan fingerprint density at radius 3 is 2.25 bits per heavy atom. The highest BCUT2D eigenvalue weighted by Gasteiger charge is 2.35. The Labute approximate surface area is 136 Å². The van der Waals surface area contributed by atoms with Crippen molar-refractivity contribution in [3.8, 4) is 0 Å². The predicted octanol–water partition coefficient (Wildman–Crippen LogP) is 1.90. The molecule has 0 radical (unpaired) electrons. The zero-order valence-corrected chi connectivity index (χ0v) is 12.6. The first kappa shape index (κ1) is 17.7. The van der Waals surface area contributed by atoms with Crippen LogP contribution in [0.5, 0.6) is 0 Å². The number of imide groups is 1. The Morgan fingerprint density at radius 1 is 1.12 bits per heavy atom. The number of hydrogen-bond donors (Lipinski definition) is 1. The van der Waals surface area contributed by atoms with Gasteiger partial charge in [-0.3, -0.25) is 19.3 Å². The summed E-state index contributed by atoms with van der Waals surface area (Å²) in [6, 6.07) is 6.97. The first-order valence-electron chi connectivity index (χ1n) is 7.24. The summed E-state index contributed by atoms with van der Waals surface area (Å²) in [5.41, 5.74) is -1.18. The standard InChI is InChI=1S/C16H15F3N2O3/c17-16(18,19)12(11-4-2-1-3-5-11)10-13(22)20-8-9-21-14(23)6-7-15(21)24/h1-5,10H,6-9H2,(H,20,22)/b12-10+. The van der Waals surface area contributed by atoms with E-state index in [-0.39, 0.29) is 43.3 Å². The second-order valence-corrected chi connectivity index (χ2v) is 5.15. The Morgan fingerprint density at radius 2 is 1.71 bits per heavy atom. The van der Waals surface area contributed by atoms with Crippen LogP contribution in [0, 0.1) is 0 Å². The number of carbonyl (C=O) groups excluding carboxylic acids is 3. The molecule has 1 fully saturated rings. The smallest absolute Gasteiger partial charge is 0.351 e. The molecular weight excluding hydrogens is 325 g/mol. The first-order chi connectivity index (χ1) is 11.3. The van der Waals surface area contributed by atoms with Crippen LogP contribution in [0.2, 0.25) is 0 Å². The van der Waals surface area contributed by atoms with Crippen molar-refractivity contribution in [3.05, 3.63) is 42.0 Å². The quantitative estimate of drug-likeness (QED) is 0.658. The number of nitrogens with zero attached hydrogens (tertiary/aromatic N) is 1. The molecule has 1 aromatic rings. The maximum atomic E-state index is 13.1.